The van der Waals surface area contributed by atoms with Gasteiger partial charge in [0.25, 0.3) is 0 Å². The van der Waals surface area contributed by atoms with E-state index in [0.29, 0.717) is 13.0 Å². The number of nitrogens with one attached hydrogen (secondary N) is 1. The van der Waals surface area contributed by atoms with Crippen molar-refractivity contribution in [2.45, 2.75) is 19.4 Å². The highest BCUT2D eigenvalue weighted by molar-refractivity contribution is 6.00. The van der Waals surface area contributed by atoms with Crippen molar-refractivity contribution in [3.8, 4) is 0 Å². The standard InChI is InChI=1S/C10H13NO3/c1-5-7-4-11-9(10(13)14-2)6(7)3-8(5)12/h6,9,11H,3-4H2,1-2H3. The summed E-state index contributed by atoms with van der Waals surface area (Å²) in [7, 11) is 1.37. The molecule has 14 heavy (non-hydrogen) atoms. The highest BCUT2D eigenvalue weighted by Crippen LogP contribution is 2.35. The van der Waals surface area contributed by atoms with Gasteiger partial charge in [-0.3, -0.25) is 9.59 Å². The first kappa shape index (κ1) is 9.40. The monoisotopic (exact) mass is 195 g/mol. The third-order valence-electron chi connectivity index (χ3n) is 3.12. The number of allylic oxidation sites excluding steroid dienone is 1. The van der Waals surface area contributed by atoms with Crippen LogP contribution >= 0.6 is 0 Å². The van der Waals surface area contributed by atoms with Crippen molar-refractivity contribution < 1.29 is 14.3 Å². The number of fused-ring (bicyclic) bond motifs is 1. The van der Waals surface area contributed by atoms with Gasteiger partial charge in [0.05, 0.1) is 7.11 Å². The molecule has 1 heterocycles. The fourth-order valence-corrected chi connectivity index (χ4v) is 2.25. The number of ketones is 1. The summed E-state index contributed by atoms with van der Waals surface area (Å²) in [6, 6.07) is -0.323. The second-order valence-electron chi connectivity index (χ2n) is 3.77. The highest BCUT2D eigenvalue weighted by Gasteiger charge is 2.43. The quantitative estimate of drug-likeness (QED) is 0.600. The molecule has 0 aromatic carbocycles. The number of carbonyl (C=O) groups excluding carboxylic acids is 2. The molecule has 4 nitrogen and oxygen atoms in total. The Bertz CT molecular complexity index is 332. The van der Waals surface area contributed by atoms with Gasteiger partial charge >= 0.3 is 5.97 Å². The summed E-state index contributed by atoms with van der Waals surface area (Å²) in [5, 5.41) is 3.08. The lowest BCUT2D eigenvalue weighted by Gasteiger charge is -2.13. The van der Waals surface area contributed by atoms with Crippen LogP contribution in [0.3, 0.4) is 0 Å². The average molecular weight is 195 g/mol. The molecule has 1 aliphatic heterocycles. The molecule has 0 amide bonds. The van der Waals surface area contributed by atoms with Crippen molar-refractivity contribution in [1.29, 1.82) is 0 Å². The van der Waals surface area contributed by atoms with Crippen LogP contribution in [0.5, 0.6) is 0 Å². The molecule has 1 aliphatic carbocycles. The summed E-state index contributed by atoms with van der Waals surface area (Å²) in [4.78, 5) is 22.8. The zero-order chi connectivity index (χ0) is 10.3. The molecule has 2 rings (SSSR count). The van der Waals surface area contributed by atoms with Crippen LogP contribution in [0.4, 0.5) is 0 Å². The molecular formula is C10H13NO3. The Morgan fingerprint density at radius 1 is 1.57 bits per heavy atom. The molecule has 0 aromatic heterocycles. The number of methoxy groups -OCH3 is 1. The molecule has 2 atom stereocenters. The second kappa shape index (κ2) is 3.20. The van der Waals surface area contributed by atoms with Crippen LogP contribution in [0, 0.1) is 5.92 Å². The van der Waals surface area contributed by atoms with Crippen LogP contribution in [0.1, 0.15) is 13.3 Å². The SMILES string of the molecule is COC(=O)C1NCC2=C(C)C(=O)CC21. The Morgan fingerprint density at radius 2 is 2.29 bits per heavy atom. The number of rotatable bonds is 1. The molecule has 0 aromatic rings. The van der Waals surface area contributed by atoms with E-state index in [-0.39, 0.29) is 23.7 Å². The Hall–Kier alpha value is -1.16. The lowest BCUT2D eigenvalue weighted by molar-refractivity contribution is -0.143. The Labute approximate surface area is 82.3 Å². The average Bonchev–Trinajstić information content (AvgIpc) is 2.69. The molecule has 2 aliphatic rings. The van der Waals surface area contributed by atoms with Gasteiger partial charge in [-0.2, -0.15) is 0 Å². The van der Waals surface area contributed by atoms with Gasteiger partial charge in [-0.15, -0.1) is 0 Å². The van der Waals surface area contributed by atoms with Crippen molar-refractivity contribution in [3.05, 3.63) is 11.1 Å². The molecule has 4 heteroatoms. The molecule has 0 saturated carbocycles. The third-order valence-corrected chi connectivity index (χ3v) is 3.12. The Kier molecular flexibility index (Phi) is 2.15. The van der Waals surface area contributed by atoms with Gasteiger partial charge in [-0.25, -0.2) is 0 Å². The molecule has 1 fully saturated rings. The predicted octanol–water partition coefficient (Wildman–Crippen LogP) is 0.0367. The first-order valence-electron chi connectivity index (χ1n) is 4.69. The second-order valence-corrected chi connectivity index (χ2v) is 3.77. The van der Waals surface area contributed by atoms with Crippen molar-refractivity contribution in [1.82, 2.24) is 5.32 Å². The number of esters is 1. The van der Waals surface area contributed by atoms with Crippen molar-refractivity contribution in [2.75, 3.05) is 13.7 Å². The molecule has 0 bridgehead atoms. The Balaban J connectivity index is 2.24. The number of hydrogen-bond donors (Lipinski definition) is 1. The van der Waals surface area contributed by atoms with Crippen LogP contribution < -0.4 is 5.32 Å². The predicted molar refractivity (Wildman–Crippen MR) is 49.6 cm³/mol. The van der Waals surface area contributed by atoms with Crippen molar-refractivity contribution >= 4 is 11.8 Å². The molecule has 0 spiro atoms. The van der Waals surface area contributed by atoms with E-state index < -0.39 is 0 Å². The van der Waals surface area contributed by atoms with Crippen LogP contribution in [0.2, 0.25) is 0 Å². The summed E-state index contributed by atoms with van der Waals surface area (Å²) in [5.41, 5.74) is 1.92. The largest absolute Gasteiger partial charge is 0.468 e. The van der Waals surface area contributed by atoms with Crippen molar-refractivity contribution in [2.24, 2.45) is 5.92 Å². The van der Waals surface area contributed by atoms with Gasteiger partial charge in [0, 0.05) is 18.9 Å². The van der Waals surface area contributed by atoms with E-state index in [0.717, 1.165) is 11.1 Å². The van der Waals surface area contributed by atoms with Gasteiger partial charge in [0.2, 0.25) is 0 Å². The summed E-state index contributed by atoms with van der Waals surface area (Å²) < 4.78 is 4.68. The van der Waals surface area contributed by atoms with Crippen molar-refractivity contribution in [3.63, 3.8) is 0 Å². The maximum Gasteiger partial charge on any atom is 0.323 e. The lowest BCUT2D eigenvalue weighted by atomic mass is 9.97. The van der Waals surface area contributed by atoms with Crippen LogP contribution in [0.15, 0.2) is 11.1 Å². The van der Waals surface area contributed by atoms with Crippen LogP contribution in [-0.4, -0.2) is 31.4 Å². The minimum atomic E-state index is -0.323. The van der Waals surface area contributed by atoms with Gasteiger partial charge in [0.15, 0.2) is 5.78 Å². The fourth-order valence-electron chi connectivity index (χ4n) is 2.25. The molecule has 0 radical (unpaired) electrons. The van der Waals surface area contributed by atoms with E-state index in [1.165, 1.54) is 7.11 Å². The Morgan fingerprint density at radius 3 is 2.93 bits per heavy atom. The normalized spacial score (nSPS) is 30.9. The first-order valence-corrected chi connectivity index (χ1v) is 4.69. The highest BCUT2D eigenvalue weighted by atomic mass is 16.5. The number of ether oxygens (including phenoxy) is 1. The zero-order valence-electron chi connectivity index (χ0n) is 8.29. The summed E-state index contributed by atoms with van der Waals surface area (Å²) in [6.45, 7) is 2.47. The van der Waals surface area contributed by atoms with E-state index in [2.05, 4.69) is 10.1 Å². The minimum absolute atomic E-state index is 0.0370. The summed E-state index contributed by atoms with van der Waals surface area (Å²) in [6.07, 6.45) is 0.452. The number of carbonyl (C=O) groups is 2. The molecule has 76 valence electrons. The van der Waals surface area contributed by atoms with E-state index in [4.69, 9.17) is 0 Å². The first-order chi connectivity index (χ1) is 6.65. The topological polar surface area (TPSA) is 55.4 Å². The van der Waals surface area contributed by atoms with Crippen LogP contribution in [0.25, 0.3) is 0 Å². The van der Waals surface area contributed by atoms with E-state index in [1.807, 2.05) is 6.92 Å². The summed E-state index contributed by atoms with van der Waals surface area (Å²) >= 11 is 0. The summed E-state index contributed by atoms with van der Waals surface area (Å²) in [5.74, 6) is -0.0668. The van der Waals surface area contributed by atoms with Gasteiger partial charge in [-0.05, 0) is 18.1 Å². The fraction of sp³-hybridized carbons (Fsp3) is 0.600. The maximum absolute atomic E-state index is 11.4. The molecule has 1 saturated heterocycles. The lowest BCUT2D eigenvalue weighted by Crippen LogP contribution is -2.36. The van der Waals surface area contributed by atoms with Gasteiger partial charge in [0.1, 0.15) is 6.04 Å². The number of Topliss-reactive ketones (excluding diaryl/α,β-unsaturated/α-hetero) is 1. The van der Waals surface area contributed by atoms with E-state index >= 15 is 0 Å². The minimum Gasteiger partial charge on any atom is -0.468 e. The third kappa shape index (κ3) is 1.18. The molecule has 2 unspecified atom stereocenters. The zero-order valence-corrected chi connectivity index (χ0v) is 8.29. The smallest absolute Gasteiger partial charge is 0.323 e. The van der Waals surface area contributed by atoms with Crippen LogP contribution in [-0.2, 0) is 14.3 Å². The maximum atomic E-state index is 11.4. The van der Waals surface area contributed by atoms with Gasteiger partial charge < -0.3 is 10.1 Å². The van der Waals surface area contributed by atoms with E-state index in [9.17, 15) is 9.59 Å². The number of hydrogen-bond acceptors (Lipinski definition) is 4. The van der Waals surface area contributed by atoms with E-state index in [1.54, 1.807) is 0 Å². The molecular weight excluding hydrogens is 182 g/mol. The molecule has 1 N–H and O–H groups in total. The van der Waals surface area contributed by atoms with Gasteiger partial charge in [-0.1, -0.05) is 0 Å².